The molecular weight excluding hydrogens is 259 g/mol. The lowest BCUT2D eigenvalue weighted by molar-refractivity contribution is -0.122. The van der Waals surface area contributed by atoms with Gasteiger partial charge in [0, 0.05) is 20.2 Å². The van der Waals surface area contributed by atoms with Crippen molar-refractivity contribution in [3.63, 3.8) is 0 Å². The number of primary amides is 1. The molecule has 108 valence electrons. The first-order valence-electron chi connectivity index (χ1n) is 6.58. The molecular formula is C15H19FN2O2. The van der Waals surface area contributed by atoms with Crippen molar-refractivity contribution in [3.05, 3.63) is 41.7 Å². The van der Waals surface area contributed by atoms with E-state index in [0.717, 1.165) is 5.56 Å². The van der Waals surface area contributed by atoms with E-state index in [1.165, 1.54) is 12.1 Å². The normalized spacial score (nSPS) is 23.5. The fourth-order valence-electron chi connectivity index (χ4n) is 2.43. The average molecular weight is 278 g/mol. The predicted molar refractivity (Wildman–Crippen MR) is 75.4 cm³/mol. The van der Waals surface area contributed by atoms with Crippen molar-refractivity contribution < 1.29 is 13.9 Å². The Bertz CT molecular complexity index is 487. The van der Waals surface area contributed by atoms with Gasteiger partial charge in [0.25, 0.3) is 0 Å². The summed E-state index contributed by atoms with van der Waals surface area (Å²) in [6.07, 6.45) is 4.53. The number of ether oxygens (including phenoxy) is 1. The van der Waals surface area contributed by atoms with E-state index in [9.17, 15) is 9.18 Å². The number of carbonyl (C=O) groups is 1. The van der Waals surface area contributed by atoms with Crippen LogP contribution in [0.4, 0.5) is 4.39 Å². The summed E-state index contributed by atoms with van der Waals surface area (Å²) in [4.78, 5) is 13.4. The first kappa shape index (κ1) is 14.7. The smallest absolute Gasteiger partial charge is 0.234 e. The molecule has 1 aromatic carbocycles. The lowest BCUT2D eigenvalue weighted by Crippen LogP contribution is -2.40. The van der Waals surface area contributed by atoms with Gasteiger partial charge in [-0.1, -0.05) is 24.3 Å². The first-order valence-corrected chi connectivity index (χ1v) is 6.58. The highest BCUT2D eigenvalue weighted by Crippen LogP contribution is 2.19. The number of carbonyl (C=O) groups excluding carboxylic acids is 1. The number of nitrogens with two attached hydrogens (primary N) is 1. The monoisotopic (exact) mass is 278 g/mol. The van der Waals surface area contributed by atoms with Crippen LogP contribution < -0.4 is 5.73 Å². The van der Waals surface area contributed by atoms with Crippen LogP contribution in [0.25, 0.3) is 6.08 Å². The molecule has 0 saturated carbocycles. The van der Waals surface area contributed by atoms with Gasteiger partial charge in [-0.25, -0.2) is 4.39 Å². The topological polar surface area (TPSA) is 55.6 Å². The van der Waals surface area contributed by atoms with Crippen LogP contribution in [0.2, 0.25) is 0 Å². The Kier molecular flexibility index (Phi) is 4.87. The van der Waals surface area contributed by atoms with Crippen molar-refractivity contribution >= 4 is 12.0 Å². The molecule has 1 aliphatic rings. The van der Waals surface area contributed by atoms with Gasteiger partial charge in [-0.2, -0.15) is 0 Å². The lowest BCUT2D eigenvalue weighted by Gasteiger charge is -2.19. The highest BCUT2D eigenvalue weighted by atomic mass is 19.1. The quantitative estimate of drug-likeness (QED) is 0.886. The molecule has 1 aromatic rings. The molecule has 0 aliphatic carbocycles. The van der Waals surface area contributed by atoms with E-state index >= 15 is 0 Å². The molecule has 5 heteroatoms. The number of halogens is 1. The van der Waals surface area contributed by atoms with Crippen LogP contribution in [-0.4, -0.2) is 43.2 Å². The molecule has 1 aliphatic heterocycles. The Morgan fingerprint density at radius 1 is 1.50 bits per heavy atom. The van der Waals surface area contributed by atoms with Gasteiger partial charge in [0.05, 0.1) is 12.1 Å². The van der Waals surface area contributed by atoms with E-state index in [1.54, 1.807) is 19.2 Å². The third kappa shape index (κ3) is 3.65. The van der Waals surface area contributed by atoms with Gasteiger partial charge in [-0.15, -0.1) is 0 Å². The van der Waals surface area contributed by atoms with Gasteiger partial charge in [-0.3, -0.25) is 9.69 Å². The van der Waals surface area contributed by atoms with E-state index in [2.05, 4.69) is 0 Å². The zero-order valence-electron chi connectivity index (χ0n) is 11.5. The predicted octanol–water partition coefficient (Wildman–Crippen LogP) is 1.41. The van der Waals surface area contributed by atoms with Crippen LogP contribution in [0.5, 0.6) is 0 Å². The SMILES string of the molecule is CO[C@H]1C[C@@H](C(N)=O)N(C/C=C/c2ccc(F)cc2)C1. The summed E-state index contributed by atoms with van der Waals surface area (Å²) in [5.41, 5.74) is 6.32. The Hall–Kier alpha value is -1.72. The second kappa shape index (κ2) is 6.63. The van der Waals surface area contributed by atoms with Crippen LogP contribution in [0.3, 0.4) is 0 Å². The summed E-state index contributed by atoms with van der Waals surface area (Å²) in [7, 11) is 1.64. The fraction of sp³-hybridized carbons (Fsp3) is 0.400. The van der Waals surface area contributed by atoms with Crippen molar-refractivity contribution in [2.24, 2.45) is 5.73 Å². The molecule has 1 heterocycles. The largest absolute Gasteiger partial charge is 0.380 e. The minimum atomic E-state index is -0.320. The third-order valence-corrected chi connectivity index (χ3v) is 3.55. The summed E-state index contributed by atoms with van der Waals surface area (Å²) < 4.78 is 18.1. The Morgan fingerprint density at radius 2 is 2.20 bits per heavy atom. The van der Waals surface area contributed by atoms with Gasteiger partial charge >= 0.3 is 0 Å². The molecule has 1 fully saturated rings. The van der Waals surface area contributed by atoms with Gasteiger partial charge in [-0.05, 0) is 24.1 Å². The minimum absolute atomic E-state index is 0.0479. The molecule has 0 spiro atoms. The van der Waals surface area contributed by atoms with Gasteiger partial charge in [0.15, 0.2) is 0 Å². The van der Waals surface area contributed by atoms with Gasteiger partial charge < -0.3 is 10.5 Å². The number of hydrogen-bond acceptors (Lipinski definition) is 3. The molecule has 0 unspecified atom stereocenters. The summed E-state index contributed by atoms with van der Waals surface area (Å²) in [6, 6.07) is 5.97. The summed E-state index contributed by atoms with van der Waals surface area (Å²) in [6.45, 7) is 1.31. The van der Waals surface area contributed by atoms with Gasteiger partial charge in [0.2, 0.25) is 5.91 Å². The number of nitrogens with zero attached hydrogens (tertiary/aromatic N) is 1. The van der Waals surface area contributed by atoms with Crippen molar-refractivity contribution in [2.45, 2.75) is 18.6 Å². The van der Waals surface area contributed by atoms with Crippen LogP contribution in [0.1, 0.15) is 12.0 Å². The molecule has 1 saturated heterocycles. The summed E-state index contributed by atoms with van der Waals surface area (Å²) in [5, 5.41) is 0. The first-order chi connectivity index (χ1) is 9.60. The van der Waals surface area contributed by atoms with E-state index in [4.69, 9.17) is 10.5 Å². The molecule has 2 rings (SSSR count). The highest BCUT2D eigenvalue weighted by molar-refractivity contribution is 5.80. The number of rotatable bonds is 5. The average Bonchev–Trinajstić information content (AvgIpc) is 2.85. The van der Waals surface area contributed by atoms with Crippen molar-refractivity contribution in [1.82, 2.24) is 4.90 Å². The molecule has 1 amide bonds. The second-order valence-corrected chi connectivity index (χ2v) is 4.92. The molecule has 2 N–H and O–H groups in total. The van der Waals surface area contributed by atoms with Crippen molar-refractivity contribution in [3.8, 4) is 0 Å². The molecule has 2 atom stereocenters. The van der Waals surface area contributed by atoms with E-state index in [1.807, 2.05) is 17.1 Å². The number of methoxy groups -OCH3 is 1. The zero-order valence-corrected chi connectivity index (χ0v) is 11.5. The van der Waals surface area contributed by atoms with E-state index in [-0.39, 0.29) is 23.9 Å². The Balaban J connectivity index is 1.95. The molecule has 20 heavy (non-hydrogen) atoms. The maximum absolute atomic E-state index is 12.8. The Morgan fingerprint density at radius 3 is 2.80 bits per heavy atom. The minimum Gasteiger partial charge on any atom is -0.380 e. The van der Waals surface area contributed by atoms with E-state index in [0.29, 0.717) is 19.5 Å². The molecule has 0 aromatic heterocycles. The highest BCUT2D eigenvalue weighted by Gasteiger charge is 2.34. The maximum Gasteiger partial charge on any atom is 0.234 e. The number of benzene rings is 1. The fourth-order valence-corrected chi connectivity index (χ4v) is 2.43. The zero-order chi connectivity index (χ0) is 14.5. The molecule has 0 bridgehead atoms. The van der Waals surface area contributed by atoms with Gasteiger partial charge in [0.1, 0.15) is 5.82 Å². The second-order valence-electron chi connectivity index (χ2n) is 4.92. The lowest BCUT2D eigenvalue weighted by atomic mass is 10.2. The van der Waals surface area contributed by atoms with Crippen molar-refractivity contribution in [1.29, 1.82) is 0 Å². The van der Waals surface area contributed by atoms with Crippen LogP contribution in [-0.2, 0) is 9.53 Å². The standard InChI is InChI=1S/C15H19FN2O2/c1-20-13-9-14(15(17)19)18(10-13)8-2-3-11-4-6-12(16)7-5-11/h2-7,13-14H,8-10H2,1H3,(H2,17,19)/b3-2+/t13-,14-/m0/s1. The summed E-state index contributed by atoms with van der Waals surface area (Å²) in [5.74, 6) is -0.571. The van der Waals surface area contributed by atoms with Crippen LogP contribution in [0, 0.1) is 5.82 Å². The third-order valence-electron chi connectivity index (χ3n) is 3.55. The number of hydrogen-bond donors (Lipinski definition) is 1. The van der Waals surface area contributed by atoms with E-state index < -0.39 is 0 Å². The van der Waals surface area contributed by atoms with Crippen LogP contribution >= 0.6 is 0 Å². The van der Waals surface area contributed by atoms with Crippen LogP contribution in [0.15, 0.2) is 30.3 Å². The molecule has 0 radical (unpaired) electrons. The Labute approximate surface area is 118 Å². The summed E-state index contributed by atoms with van der Waals surface area (Å²) >= 11 is 0. The number of amides is 1. The van der Waals surface area contributed by atoms with Crippen molar-refractivity contribution in [2.75, 3.05) is 20.2 Å². The molecule has 4 nitrogen and oxygen atoms in total. The number of likely N-dealkylation sites (tertiary alicyclic amines) is 1. The maximum atomic E-state index is 12.8.